The van der Waals surface area contributed by atoms with Crippen molar-refractivity contribution >= 4 is 34.2 Å². The zero-order chi connectivity index (χ0) is 15.0. The third kappa shape index (κ3) is 3.40. The van der Waals surface area contributed by atoms with Crippen molar-refractivity contribution in [1.29, 1.82) is 0 Å². The van der Waals surface area contributed by atoms with Crippen LogP contribution in [0.1, 0.15) is 18.4 Å². The summed E-state index contributed by atoms with van der Waals surface area (Å²) in [5.74, 6) is 1.37. The lowest BCUT2D eigenvalue weighted by atomic mass is 9.98. The Morgan fingerprint density at radius 2 is 2.24 bits per heavy atom. The van der Waals surface area contributed by atoms with Crippen LogP contribution in [0.2, 0.25) is 0 Å². The zero-order valence-corrected chi connectivity index (χ0v) is 14.5. The number of nitrogens with one attached hydrogen (secondary N) is 1. The van der Waals surface area contributed by atoms with Gasteiger partial charge in [0.1, 0.15) is 0 Å². The van der Waals surface area contributed by atoms with Crippen molar-refractivity contribution in [3.8, 4) is 0 Å². The van der Waals surface area contributed by atoms with E-state index < -0.39 is 0 Å². The van der Waals surface area contributed by atoms with E-state index >= 15 is 0 Å². The molecule has 1 saturated heterocycles. The van der Waals surface area contributed by atoms with Crippen molar-refractivity contribution < 1.29 is 4.79 Å². The third-order valence-electron chi connectivity index (χ3n) is 4.82. The van der Waals surface area contributed by atoms with Gasteiger partial charge in [0.05, 0.1) is 6.54 Å². The van der Waals surface area contributed by atoms with Gasteiger partial charge in [-0.1, -0.05) is 0 Å². The van der Waals surface area contributed by atoms with Gasteiger partial charge in [-0.2, -0.15) is 0 Å². The lowest BCUT2D eigenvalue weighted by Gasteiger charge is -2.18. The average molecular weight is 399 g/mol. The molecule has 1 amide bonds. The lowest BCUT2D eigenvalue weighted by molar-refractivity contribution is -0.117. The van der Waals surface area contributed by atoms with Gasteiger partial charge in [0, 0.05) is 28.4 Å². The fourth-order valence-electron chi connectivity index (χ4n) is 3.69. The van der Waals surface area contributed by atoms with Crippen LogP contribution in [0.15, 0.2) is 18.2 Å². The Bertz CT molecular complexity index is 548. The molecule has 1 aliphatic heterocycles. The Morgan fingerprint density at radius 1 is 1.43 bits per heavy atom. The molecule has 1 saturated carbocycles. The number of carbonyl (C=O) groups is 1. The minimum atomic E-state index is 0.0767. The molecular formula is C16H22IN3O. The van der Waals surface area contributed by atoms with Crippen LogP contribution in [0.4, 0.5) is 5.69 Å². The van der Waals surface area contributed by atoms with Crippen LogP contribution in [-0.2, 0) is 4.79 Å². The summed E-state index contributed by atoms with van der Waals surface area (Å²) in [6.45, 7) is 4.50. The van der Waals surface area contributed by atoms with Gasteiger partial charge in [-0.25, -0.2) is 0 Å². The summed E-state index contributed by atoms with van der Waals surface area (Å²) >= 11 is 2.28. The SMILES string of the molecule is Cc1cc(I)ccc1NC(=O)CN1CC2CCC(N)C2C1. The highest BCUT2D eigenvalue weighted by atomic mass is 127. The van der Waals surface area contributed by atoms with Gasteiger partial charge < -0.3 is 11.1 Å². The second-order valence-corrected chi connectivity index (χ2v) is 7.61. The van der Waals surface area contributed by atoms with E-state index in [9.17, 15) is 4.79 Å². The normalized spacial score (nSPS) is 28.6. The number of nitrogens with two attached hydrogens (primary N) is 1. The van der Waals surface area contributed by atoms with Crippen LogP contribution < -0.4 is 11.1 Å². The van der Waals surface area contributed by atoms with E-state index in [1.165, 1.54) is 9.99 Å². The summed E-state index contributed by atoms with van der Waals surface area (Å²) < 4.78 is 1.18. The van der Waals surface area contributed by atoms with Crippen molar-refractivity contribution in [2.75, 3.05) is 25.0 Å². The van der Waals surface area contributed by atoms with Gasteiger partial charge in [0.15, 0.2) is 0 Å². The maximum atomic E-state index is 12.2. The van der Waals surface area contributed by atoms with Gasteiger partial charge in [-0.05, 0) is 78.0 Å². The molecule has 0 bridgehead atoms. The minimum absolute atomic E-state index is 0.0767. The molecule has 1 aromatic rings. The van der Waals surface area contributed by atoms with Crippen LogP contribution >= 0.6 is 22.6 Å². The Kier molecular flexibility index (Phi) is 4.51. The summed E-state index contributed by atoms with van der Waals surface area (Å²) in [5, 5.41) is 3.03. The van der Waals surface area contributed by atoms with Crippen LogP contribution in [0, 0.1) is 22.3 Å². The molecule has 0 aromatic heterocycles. The molecule has 0 spiro atoms. The Hall–Kier alpha value is -0.660. The average Bonchev–Trinajstić information content (AvgIpc) is 2.95. The number of carbonyl (C=O) groups excluding carboxylic acids is 1. The van der Waals surface area contributed by atoms with Crippen LogP contribution in [0.3, 0.4) is 0 Å². The predicted octanol–water partition coefficient (Wildman–Crippen LogP) is 2.21. The van der Waals surface area contributed by atoms with Gasteiger partial charge in [0.25, 0.3) is 0 Å². The number of anilines is 1. The van der Waals surface area contributed by atoms with Crippen LogP contribution in [0.25, 0.3) is 0 Å². The number of aryl methyl sites for hydroxylation is 1. The minimum Gasteiger partial charge on any atom is -0.327 e. The summed E-state index contributed by atoms with van der Waals surface area (Å²) in [6.07, 6.45) is 2.37. The van der Waals surface area contributed by atoms with E-state index in [1.807, 2.05) is 19.1 Å². The van der Waals surface area contributed by atoms with E-state index in [0.717, 1.165) is 30.8 Å². The molecule has 3 N–H and O–H groups in total. The van der Waals surface area contributed by atoms with E-state index in [1.54, 1.807) is 0 Å². The fourth-order valence-corrected chi connectivity index (χ4v) is 4.34. The molecular weight excluding hydrogens is 377 g/mol. The number of fused-ring (bicyclic) bond motifs is 1. The molecule has 2 aliphatic rings. The van der Waals surface area contributed by atoms with Crippen molar-refractivity contribution in [1.82, 2.24) is 4.90 Å². The van der Waals surface area contributed by atoms with E-state index in [-0.39, 0.29) is 5.91 Å². The predicted molar refractivity (Wildman–Crippen MR) is 93.2 cm³/mol. The first-order valence-corrected chi connectivity index (χ1v) is 8.65. The molecule has 5 heteroatoms. The molecule has 4 nitrogen and oxygen atoms in total. The zero-order valence-electron chi connectivity index (χ0n) is 12.3. The third-order valence-corrected chi connectivity index (χ3v) is 5.49. The largest absolute Gasteiger partial charge is 0.327 e. The van der Waals surface area contributed by atoms with E-state index in [4.69, 9.17) is 5.73 Å². The van der Waals surface area contributed by atoms with E-state index in [2.05, 4.69) is 38.9 Å². The van der Waals surface area contributed by atoms with Crippen LogP contribution in [0.5, 0.6) is 0 Å². The second kappa shape index (κ2) is 6.22. The van der Waals surface area contributed by atoms with Crippen molar-refractivity contribution in [3.63, 3.8) is 0 Å². The molecule has 1 aliphatic carbocycles. The number of benzene rings is 1. The van der Waals surface area contributed by atoms with Gasteiger partial charge in [-0.15, -0.1) is 0 Å². The van der Waals surface area contributed by atoms with Crippen molar-refractivity contribution in [2.45, 2.75) is 25.8 Å². The molecule has 3 unspecified atom stereocenters. The quantitative estimate of drug-likeness (QED) is 0.767. The summed E-state index contributed by atoms with van der Waals surface area (Å²) in [6, 6.07) is 6.41. The fraction of sp³-hybridized carbons (Fsp3) is 0.562. The summed E-state index contributed by atoms with van der Waals surface area (Å²) in [7, 11) is 0. The van der Waals surface area contributed by atoms with Gasteiger partial charge in [0.2, 0.25) is 5.91 Å². The summed E-state index contributed by atoms with van der Waals surface area (Å²) in [4.78, 5) is 14.5. The Labute approximate surface area is 139 Å². The first kappa shape index (κ1) is 15.2. The highest BCUT2D eigenvalue weighted by molar-refractivity contribution is 14.1. The number of likely N-dealkylation sites (tertiary alicyclic amines) is 1. The molecule has 3 atom stereocenters. The van der Waals surface area contributed by atoms with Crippen molar-refractivity contribution in [3.05, 3.63) is 27.3 Å². The number of rotatable bonds is 3. The van der Waals surface area contributed by atoms with E-state index in [0.29, 0.717) is 24.4 Å². The second-order valence-electron chi connectivity index (χ2n) is 6.37. The van der Waals surface area contributed by atoms with Gasteiger partial charge >= 0.3 is 0 Å². The monoisotopic (exact) mass is 399 g/mol. The number of nitrogens with zero attached hydrogens (tertiary/aromatic N) is 1. The highest BCUT2D eigenvalue weighted by Gasteiger charge is 2.41. The van der Waals surface area contributed by atoms with Crippen LogP contribution in [-0.4, -0.2) is 36.5 Å². The molecule has 2 fully saturated rings. The molecule has 114 valence electrons. The summed E-state index contributed by atoms with van der Waals surface area (Å²) in [5.41, 5.74) is 8.16. The Morgan fingerprint density at radius 3 is 2.95 bits per heavy atom. The lowest BCUT2D eigenvalue weighted by Crippen LogP contribution is -2.34. The van der Waals surface area contributed by atoms with Crippen molar-refractivity contribution in [2.24, 2.45) is 17.6 Å². The topological polar surface area (TPSA) is 58.4 Å². The molecule has 1 aromatic carbocycles. The molecule has 3 rings (SSSR count). The molecule has 0 radical (unpaired) electrons. The highest BCUT2D eigenvalue weighted by Crippen LogP contribution is 2.36. The maximum Gasteiger partial charge on any atom is 0.238 e. The number of hydrogen-bond donors (Lipinski definition) is 2. The standard InChI is InChI=1S/C16H22IN3O/c1-10-6-12(17)3-5-15(10)19-16(21)9-20-7-11-2-4-14(18)13(11)8-20/h3,5-6,11,13-14H,2,4,7-9,18H2,1H3,(H,19,21). The first-order valence-electron chi connectivity index (χ1n) is 7.57. The van der Waals surface area contributed by atoms with Gasteiger partial charge in [-0.3, -0.25) is 9.69 Å². The smallest absolute Gasteiger partial charge is 0.238 e. The maximum absolute atomic E-state index is 12.2. The number of amides is 1. The molecule has 1 heterocycles. The Balaban J connectivity index is 1.55. The first-order chi connectivity index (χ1) is 10.0. The molecule has 21 heavy (non-hydrogen) atoms. The number of halogens is 1. The number of hydrogen-bond acceptors (Lipinski definition) is 3.